The normalized spacial score (nSPS) is 19.6. The molecule has 0 saturated carbocycles. The van der Waals surface area contributed by atoms with Crippen LogP contribution in [0.3, 0.4) is 0 Å². The number of amides is 1. The first-order valence-electron chi connectivity index (χ1n) is 7.63. The van der Waals surface area contributed by atoms with Crippen LogP contribution in [-0.2, 0) is 21.2 Å². The number of sulfone groups is 1. The number of carbonyl (C=O) groups excluding carboxylic acids is 1. The molecule has 0 unspecified atom stereocenters. The SMILES string of the molecule is O=C(/C=C/c1cn(Cc2ccccc2)nn1)N[C@H]1CCS(=O)(=O)C1. The molecule has 1 saturated heterocycles. The quantitative estimate of drug-likeness (QED) is 0.802. The van der Waals surface area contributed by atoms with Gasteiger partial charge in [-0.2, -0.15) is 0 Å². The average Bonchev–Trinajstić information content (AvgIpc) is 3.12. The molecule has 0 spiro atoms. The van der Waals surface area contributed by atoms with E-state index in [1.54, 1.807) is 17.0 Å². The molecule has 8 heteroatoms. The Morgan fingerprint density at radius 1 is 1.33 bits per heavy atom. The summed E-state index contributed by atoms with van der Waals surface area (Å²) in [4.78, 5) is 11.8. The molecule has 2 aromatic rings. The van der Waals surface area contributed by atoms with Crippen molar-refractivity contribution in [2.75, 3.05) is 11.5 Å². The number of hydrogen-bond acceptors (Lipinski definition) is 5. The van der Waals surface area contributed by atoms with E-state index < -0.39 is 9.84 Å². The average molecular weight is 346 g/mol. The maximum absolute atomic E-state index is 11.8. The zero-order valence-corrected chi connectivity index (χ0v) is 13.8. The Kier molecular flexibility index (Phi) is 4.75. The van der Waals surface area contributed by atoms with Crippen LogP contribution >= 0.6 is 0 Å². The van der Waals surface area contributed by atoms with Crippen molar-refractivity contribution in [1.29, 1.82) is 0 Å². The predicted molar refractivity (Wildman–Crippen MR) is 89.8 cm³/mol. The van der Waals surface area contributed by atoms with E-state index in [2.05, 4.69) is 15.6 Å². The van der Waals surface area contributed by atoms with Gasteiger partial charge in [-0.25, -0.2) is 13.1 Å². The molecule has 0 radical (unpaired) electrons. The molecule has 3 rings (SSSR count). The van der Waals surface area contributed by atoms with Gasteiger partial charge in [0.2, 0.25) is 5.91 Å². The summed E-state index contributed by atoms with van der Waals surface area (Å²) >= 11 is 0. The summed E-state index contributed by atoms with van der Waals surface area (Å²) in [6, 6.07) is 9.57. The van der Waals surface area contributed by atoms with Gasteiger partial charge in [0.15, 0.2) is 9.84 Å². The van der Waals surface area contributed by atoms with Gasteiger partial charge >= 0.3 is 0 Å². The minimum atomic E-state index is -3.00. The number of benzene rings is 1. The number of hydrogen-bond donors (Lipinski definition) is 1. The number of rotatable bonds is 5. The van der Waals surface area contributed by atoms with Crippen LogP contribution in [0.15, 0.2) is 42.6 Å². The standard InChI is InChI=1S/C16H18N4O3S/c21-16(17-15-8-9-24(22,23)12-15)7-6-14-11-20(19-18-14)10-13-4-2-1-3-5-13/h1-7,11,15H,8-10,12H2,(H,17,21)/b7-6+/t15-/m0/s1. The minimum absolute atomic E-state index is 0.0137. The fourth-order valence-electron chi connectivity index (χ4n) is 2.56. The Morgan fingerprint density at radius 3 is 2.83 bits per heavy atom. The van der Waals surface area contributed by atoms with Crippen LogP contribution in [0.2, 0.25) is 0 Å². The Balaban J connectivity index is 1.54. The van der Waals surface area contributed by atoms with E-state index in [1.807, 2.05) is 30.3 Å². The molecule has 1 aliphatic heterocycles. The van der Waals surface area contributed by atoms with Crippen molar-refractivity contribution in [2.45, 2.75) is 19.0 Å². The number of carbonyl (C=O) groups is 1. The fraction of sp³-hybridized carbons (Fsp3) is 0.312. The zero-order chi connectivity index (χ0) is 17.0. The van der Waals surface area contributed by atoms with Gasteiger partial charge in [-0.05, 0) is 18.1 Å². The predicted octanol–water partition coefficient (Wildman–Crippen LogP) is 0.643. The highest BCUT2D eigenvalue weighted by molar-refractivity contribution is 7.91. The van der Waals surface area contributed by atoms with Gasteiger partial charge in [0.1, 0.15) is 5.69 Å². The number of nitrogens with zero attached hydrogens (tertiary/aromatic N) is 3. The summed E-state index contributed by atoms with van der Waals surface area (Å²) in [5.74, 6) is -0.176. The third-order valence-electron chi connectivity index (χ3n) is 3.73. The van der Waals surface area contributed by atoms with E-state index in [0.717, 1.165) is 5.56 Å². The lowest BCUT2D eigenvalue weighted by atomic mass is 10.2. The van der Waals surface area contributed by atoms with E-state index in [-0.39, 0.29) is 23.5 Å². The van der Waals surface area contributed by atoms with Crippen molar-refractivity contribution in [3.63, 3.8) is 0 Å². The molecule has 1 aromatic heterocycles. The van der Waals surface area contributed by atoms with Crippen molar-refractivity contribution in [3.8, 4) is 0 Å². The fourth-order valence-corrected chi connectivity index (χ4v) is 4.23. The molecule has 1 aliphatic rings. The van der Waals surface area contributed by atoms with Crippen molar-refractivity contribution < 1.29 is 13.2 Å². The first-order chi connectivity index (χ1) is 11.5. The smallest absolute Gasteiger partial charge is 0.244 e. The summed E-state index contributed by atoms with van der Waals surface area (Å²) in [5, 5.41) is 10.7. The van der Waals surface area contributed by atoms with Crippen LogP contribution in [0, 0.1) is 0 Å². The van der Waals surface area contributed by atoms with Crippen molar-refractivity contribution >= 4 is 21.8 Å². The van der Waals surface area contributed by atoms with Crippen LogP contribution in [-0.4, -0.2) is 46.9 Å². The molecular weight excluding hydrogens is 328 g/mol. The molecule has 126 valence electrons. The van der Waals surface area contributed by atoms with Crippen molar-refractivity contribution in [3.05, 3.63) is 53.9 Å². The van der Waals surface area contributed by atoms with E-state index in [9.17, 15) is 13.2 Å². The van der Waals surface area contributed by atoms with Crippen molar-refractivity contribution in [2.24, 2.45) is 0 Å². The van der Waals surface area contributed by atoms with Gasteiger partial charge in [-0.3, -0.25) is 4.79 Å². The first kappa shape index (κ1) is 16.4. The maximum Gasteiger partial charge on any atom is 0.244 e. The molecule has 1 fully saturated rings. The zero-order valence-electron chi connectivity index (χ0n) is 13.0. The largest absolute Gasteiger partial charge is 0.349 e. The molecule has 24 heavy (non-hydrogen) atoms. The Bertz CT molecular complexity index is 843. The van der Waals surface area contributed by atoms with Crippen LogP contribution < -0.4 is 5.32 Å². The minimum Gasteiger partial charge on any atom is -0.349 e. The number of aromatic nitrogens is 3. The Morgan fingerprint density at radius 2 is 2.12 bits per heavy atom. The van der Waals surface area contributed by atoms with E-state index in [4.69, 9.17) is 0 Å². The maximum atomic E-state index is 11.8. The summed E-state index contributed by atoms with van der Waals surface area (Å²) in [6.07, 6.45) is 5.13. The Hall–Kier alpha value is -2.48. The topological polar surface area (TPSA) is 93.9 Å². The third-order valence-corrected chi connectivity index (χ3v) is 5.50. The van der Waals surface area contributed by atoms with E-state index in [0.29, 0.717) is 18.7 Å². The molecule has 1 aromatic carbocycles. The molecule has 1 N–H and O–H groups in total. The van der Waals surface area contributed by atoms with Crippen LogP contribution in [0.5, 0.6) is 0 Å². The number of nitrogens with one attached hydrogen (secondary N) is 1. The van der Waals surface area contributed by atoms with Gasteiger partial charge in [0, 0.05) is 12.1 Å². The molecule has 1 atom stereocenters. The summed E-state index contributed by atoms with van der Waals surface area (Å²) < 4.78 is 24.4. The molecule has 0 aliphatic carbocycles. The highest BCUT2D eigenvalue weighted by Gasteiger charge is 2.28. The highest BCUT2D eigenvalue weighted by Crippen LogP contribution is 2.11. The highest BCUT2D eigenvalue weighted by atomic mass is 32.2. The molecular formula is C16H18N4O3S. The van der Waals surface area contributed by atoms with E-state index in [1.165, 1.54) is 6.08 Å². The van der Waals surface area contributed by atoms with Crippen LogP contribution in [0.25, 0.3) is 6.08 Å². The lowest BCUT2D eigenvalue weighted by Crippen LogP contribution is -2.34. The second-order valence-corrected chi connectivity index (χ2v) is 8.00. The van der Waals surface area contributed by atoms with Gasteiger partial charge in [-0.15, -0.1) is 5.10 Å². The first-order valence-corrected chi connectivity index (χ1v) is 9.45. The summed E-state index contributed by atoms with van der Waals surface area (Å²) in [6.45, 7) is 0.605. The lowest BCUT2D eigenvalue weighted by Gasteiger charge is -2.07. The molecule has 7 nitrogen and oxygen atoms in total. The van der Waals surface area contributed by atoms with Gasteiger partial charge in [-0.1, -0.05) is 35.5 Å². The van der Waals surface area contributed by atoms with E-state index >= 15 is 0 Å². The lowest BCUT2D eigenvalue weighted by molar-refractivity contribution is -0.116. The summed E-state index contributed by atoms with van der Waals surface area (Å²) in [5.41, 5.74) is 1.68. The van der Waals surface area contributed by atoms with Gasteiger partial charge in [0.05, 0.1) is 24.2 Å². The van der Waals surface area contributed by atoms with Gasteiger partial charge in [0.25, 0.3) is 0 Å². The second-order valence-electron chi connectivity index (χ2n) is 5.77. The Labute approximate surface area is 140 Å². The molecule has 2 heterocycles. The monoisotopic (exact) mass is 346 g/mol. The molecule has 1 amide bonds. The van der Waals surface area contributed by atoms with Crippen molar-refractivity contribution in [1.82, 2.24) is 20.3 Å². The van der Waals surface area contributed by atoms with Crippen LogP contribution in [0.4, 0.5) is 0 Å². The molecule has 0 bridgehead atoms. The second kappa shape index (κ2) is 6.96. The third kappa shape index (κ3) is 4.51. The summed E-state index contributed by atoms with van der Waals surface area (Å²) in [7, 11) is -3.00. The van der Waals surface area contributed by atoms with Gasteiger partial charge < -0.3 is 5.32 Å². The van der Waals surface area contributed by atoms with Crippen LogP contribution in [0.1, 0.15) is 17.7 Å².